The molecule has 1 aliphatic heterocycles. The molecule has 1 fully saturated rings. The minimum atomic E-state index is -0.380. The number of pyridine rings is 1. The van der Waals surface area contributed by atoms with Crippen LogP contribution >= 0.6 is 23.2 Å². The monoisotopic (exact) mass is 393 g/mol. The molecule has 2 aromatic rings. The van der Waals surface area contributed by atoms with Gasteiger partial charge in [0, 0.05) is 37.1 Å². The third kappa shape index (κ3) is 4.08. The molecular weight excluding hydrogens is 377 g/mol. The molecule has 8 heteroatoms. The number of nitrogens with zero attached hydrogens (tertiary/aromatic N) is 1. The first-order chi connectivity index (χ1) is 12.5. The van der Waals surface area contributed by atoms with Crippen molar-refractivity contribution in [3.8, 4) is 0 Å². The average molecular weight is 394 g/mol. The Kier molecular flexibility index (Phi) is 5.64. The minimum Gasteiger partial charge on any atom is -0.366 e. The van der Waals surface area contributed by atoms with Crippen LogP contribution in [0.25, 0.3) is 0 Å². The van der Waals surface area contributed by atoms with Gasteiger partial charge in [-0.05, 0) is 31.0 Å². The Morgan fingerprint density at radius 1 is 1.19 bits per heavy atom. The highest BCUT2D eigenvalue weighted by molar-refractivity contribution is 6.42. The molecule has 2 amide bonds. The molecule has 2 heterocycles. The van der Waals surface area contributed by atoms with Crippen molar-refractivity contribution in [2.75, 3.05) is 18.4 Å². The normalized spacial score (nSPS) is 17.0. The number of carbonyl (C=O) groups is 2. The number of hydrogen-bond donors (Lipinski definition) is 2. The van der Waals surface area contributed by atoms with Crippen LogP contribution in [0.4, 0.5) is 5.69 Å². The summed E-state index contributed by atoms with van der Waals surface area (Å²) in [5.74, 6) is -0.845. The highest BCUT2D eigenvalue weighted by atomic mass is 35.5. The van der Waals surface area contributed by atoms with E-state index in [0.29, 0.717) is 35.0 Å². The first-order valence-electron chi connectivity index (χ1n) is 8.18. The Balaban J connectivity index is 1.69. The Morgan fingerprint density at radius 3 is 2.73 bits per heavy atom. The average Bonchev–Trinajstić information content (AvgIpc) is 2.65. The number of likely N-dealkylation sites (tertiary alicyclic amines) is 1. The van der Waals surface area contributed by atoms with E-state index >= 15 is 0 Å². The number of H-pyrrole nitrogens is 1. The van der Waals surface area contributed by atoms with Crippen LogP contribution in [-0.4, -0.2) is 34.8 Å². The van der Waals surface area contributed by atoms with Gasteiger partial charge in [0.15, 0.2) is 0 Å². The SMILES string of the molecule is O=C(Nc1c[nH]ccc1=O)[C@H]1CCCN(C(=O)c2ccc(Cl)c(Cl)c2)C1. The molecule has 0 aliphatic carbocycles. The summed E-state index contributed by atoms with van der Waals surface area (Å²) >= 11 is 11.9. The number of halogens is 2. The number of benzene rings is 1. The summed E-state index contributed by atoms with van der Waals surface area (Å²) < 4.78 is 0. The van der Waals surface area contributed by atoms with E-state index in [9.17, 15) is 14.4 Å². The summed E-state index contributed by atoms with van der Waals surface area (Å²) in [5, 5.41) is 3.33. The summed E-state index contributed by atoms with van der Waals surface area (Å²) in [4.78, 5) is 41.3. The topological polar surface area (TPSA) is 82.3 Å². The number of rotatable bonds is 3. The van der Waals surface area contributed by atoms with Crippen LogP contribution in [0.5, 0.6) is 0 Å². The second kappa shape index (κ2) is 7.93. The quantitative estimate of drug-likeness (QED) is 0.839. The maximum absolute atomic E-state index is 12.7. The molecule has 0 radical (unpaired) electrons. The first kappa shape index (κ1) is 18.5. The zero-order valence-corrected chi connectivity index (χ0v) is 15.3. The molecule has 0 bridgehead atoms. The number of aromatic amines is 1. The van der Waals surface area contributed by atoms with Gasteiger partial charge < -0.3 is 15.2 Å². The molecule has 1 saturated heterocycles. The number of anilines is 1. The van der Waals surface area contributed by atoms with Crippen molar-refractivity contribution in [2.45, 2.75) is 12.8 Å². The predicted molar refractivity (Wildman–Crippen MR) is 101 cm³/mol. The summed E-state index contributed by atoms with van der Waals surface area (Å²) in [6, 6.07) is 6.06. The summed E-state index contributed by atoms with van der Waals surface area (Å²) in [6.07, 6.45) is 4.30. The molecule has 136 valence electrons. The van der Waals surface area contributed by atoms with Crippen LogP contribution < -0.4 is 10.7 Å². The van der Waals surface area contributed by atoms with E-state index in [4.69, 9.17) is 23.2 Å². The van der Waals surface area contributed by atoms with Gasteiger partial charge in [0.25, 0.3) is 5.91 Å². The number of piperidine rings is 1. The van der Waals surface area contributed by atoms with Gasteiger partial charge in [-0.15, -0.1) is 0 Å². The minimum absolute atomic E-state index is 0.196. The lowest BCUT2D eigenvalue weighted by Crippen LogP contribution is -2.44. The Hall–Kier alpha value is -2.31. The van der Waals surface area contributed by atoms with E-state index in [0.717, 1.165) is 0 Å². The van der Waals surface area contributed by atoms with E-state index < -0.39 is 0 Å². The molecule has 26 heavy (non-hydrogen) atoms. The highest BCUT2D eigenvalue weighted by Gasteiger charge is 2.29. The van der Waals surface area contributed by atoms with E-state index in [1.54, 1.807) is 17.0 Å². The van der Waals surface area contributed by atoms with E-state index in [1.807, 2.05) is 0 Å². The number of carbonyl (C=O) groups excluding carboxylic acids is 2. The fourth-order valence-corrected chi connectivity index (χ4v) is 3.23. The third-order valence-electron chi connectivity index (χ3n) is 4.33. The molecule has 1 aromatic carbocycles. The maximum atomic E-state index is 12.7. The van der Waals surface area contributed by atoms with Gasteiger partial charge in [0.1, 0.15) is 5.69 Å². The van der Waals surface area contributed by atoms with Crippen molar-refractivity contribution in [3.63, 3.8) is 0 Å². The van der Waals surface area contributed by atoms with Crippen LogP contribution in [0.1, 0.15) is 23.2 Å². The van der Waals surface area contributed by atoms with Gasteiger partial charge in [-0.2, -0.15) is 0 Å². The molecule has 6 nitrogen and oxygen atoms in total. The lowest BCUT2D eigenvalue weighted by molar-refractivity contribution is -0.121. The van der Waals surface area contributed by atoms with Gasteiger partial charge in [0.05, 0.1) is 16.0 Å². The number of aromatic nitrogens is 1. The summed E-state index contributed by atoms with van der Waals surface area (Å²) in [6.45, 7) is 0.852. The molecule has 0 saturated carbocycles. The smallest absolute Gasteiger partial charge is 0.253 e. The fraction of sp³-hybridized carbons (Fsp3) is 0.278. The van der Waals surface area contributed by atoms with Gasteiger partial charge in [-0.25, -0.2) is 0 Å². The van der Waals surface area contributed by atoms with Crippen LogP contribution in [-0.2, 0) is 4.79 Å². The molecule has 1 aromatic heterocycles. The van der Waals surface area contributed by atoms with Crippen molar-refractivity contribution in [1.82, 2.24) is 9.88 Å². The Labute approximate surface area is 160 Å². The zero-order valence-electron chi connectivity index (χ0n) is 13.8. The number of hydrogen-bond acceptors (Lipinski definition) is 3. The summed E-state index contributed by atoms with van der Waals surface area (Å²) in [5.41, 5.74) is 0.363. The fourth-order valence-electron chi connectivity index (χ4n) is 2.94. The predicted octanol–water partition coefficient (Wildman–Crippen LogP) is 3.17. The van der Waals surface area contributed by atoms with E-state index in [1.165, 1.54) is 24.5 Å². The maximum Gasteiger partial charge on any atom is 0.253 e. The molecule has 0 unspecified atom stereocenters. The number of nitrogens with one attached hydrogen (secondary N) is 2. The van der Waals surface area contributed by atoms with Gasteiger partial charge in [-0.3, -0.25) is 14.4 Å². The van der Waals surface area contributed by atoms with Crippen LogP contribution in [0, 0.1) is 5.92 Å². The first-order valence-corrected chi connectivity index (χ1v) is 8.93. The van der Waals surface area contributed by atoms with Crippen LogP contribution in [0.3, 0.4) is 0 Å². The molecule has 1 atom stereocenters. The second-order valence-electron chi connectivity index (χ2n) is 6.13. The molecule has 2 N–H and O–H groups in total. The van der Waals surface area contributed by atoms with Crippen molar-refractivity contribution in [1.29, 1.82) is 0 Å². The Morgan fingerprint density at radius 2 is 2.00 bits per heavy atom. The summed E-state index contributed by atoms with van der Waals surface area (Å²) in [7, 11) is 0. The number of amides is 2. The Bertz CT molecular complexity index is 897. The largest absolute Gasteiger partial charge is 0.366 e. The van der Waals surface area contributed by atoms with Gasteiger partial charge in [-0.1, -0.05) is 23.2 Å². The highest BCUT2D eigenvalue weighted by Crippen LogP contribution is 2.25. The lowest BCUT2D eigenvalue weighted by atomic mass is 9.96. The third-order valence-corrected chi connectivity index (χ3v) is 5.07. The molecule has 3 rings (SSSR count). The van der Waals surface area contributed by atoms with E-state index in [-0.39, 0.29) is 35.4 Å². The molecular formula is C18H17Cl2N3O3. The van der Waals surface area contributed by atoms with Crippen molar-refractivity contribution < 1.29 is 9.59 Å². The molecule has 1 aliphatic rings. The van der Waals surface area contributed by atoms with Crippen molar-refractivity contribution >= 4 is 40.7 Å². The van der Waals surface area contributed by atoms with E-state index in [2.05, 4.69) is 10.3 Å². The molecule has 0 spiro atoms. The van der Waals surface area contributed by atoms with Crippen LogP contribution in [0.15, 0.2) is 41.5 Å². The van der Waals surface area contributed by atoms with Crippen molar-refractivity contribution in [2.24, 2.45) is 5.92 Å². The van der Waals surface area contributed by atoms with Crippen LogP contribution in [0.2, 0.25) is 10.0 Å². The van der Waals surface area contributed by atoms with Gasteiger partial charge >= 0.3 is 0 Å². The second-order valence-corrected chi connectivity index (χ2v) is 6.95. The van der Waals surface area contributed by atoms with Crippen molar-refractivity contribution in [3.05, 3.63) is 62.5 Å². The van der Waals surface area contributed by atoms with Gasteiger partial charge in [0.2, 0.25) is 11.3 Å². The zero-order chi connectivity index (χ0) is 18.7. The standard InChI is InChI=1S/C18H17Cl2N3O3/c19-13-4-3-11(8-14(13)20)18(26)23-7-1-2-12(10-23)17(25)22-15-9-21-6-5-16(15)24/h3-6,8-9,12H,1-2,7,10H2,(H,21,24)(H,22,25)/t12-/m0/s1. The lowest BCUT2D eigenvalue weighted by Gasteiger charge is -2.32.